The second-order valence-electron chi connectivity index (χ2n) is 8.19. The molecule has 164 valence electrons. The third kappa shape index (κ3) is 12.3. The molecule has 0 heterocycles. The van der Waals surface area contributed by atoms with Crippen molar-refractivity contribution in [2.45, 2.75) is 53.2 Å². The fourth-order valence-corrected chi connectivity index (χ4v) is 3.05. The van der Waals surface area contributed by atoms with E-state index in [0.29, 0.717) is 0 Å². The van der Waals surface area contributed by atoms with Crippen LogP contribution in [0, 0.1) is 5.41 Å². The lowest BCUT2D eigenvalue weighted by Gasteiger charge is -2.24. The molecule has 10 heteroatoms. The first-order valence-electron chi connectivity index (χ1n) is 9.06. The van der Waals surface area contributed by atoms with E-state index in [1.165, 1.54) is 0 Å². The Labute approximate surface area is 171 Å². The number of phosphoric acid groups is 1. The van der Waals surface area contributed by atoms with Crippen LogP contribution in [-0.4, -0.2) is 35.9 Å². The summed E-state index contributed by atoms with van der Waals surface area (Å²) in [4.78, 5) is 33.2. The number of benzene rings is 1. The summed E-state index contributed by atoms with van der Waals surface area (Å²) in [6, 6.07) is 9.31. The van der Waals surface area contributed by atoms with Gasteiger partial charge < -0.3 is 19.7 Å². The molecule has 0 saturated carbocycles. The summed E-state index contributed by atoms with van der Waals surface area (Å²) in [5.74, 6) is -0.391. The molecule has 0 aliphatic rings. The van der Waals surface area contributed by atoms with E-state index in [0.717, 1.165) is 5.56 Å². The van der Waals surface area contributed by atoms with E-state index >= 15 is 0 Å². The summed E-state index contributed by atoms with van der Waals surface area (Å²) in [6.07, 6.45) is -0.770. The van der Waals surface area contributed by atoms with Crippen molar-refractivity contribution >= 4 is 19.9 Å². The Balaban J connectivity index is 2.30. The second kappa shape index (κ2) is 10.7. The maximum atomic E-state index is 12.0. The van der Waals surface area contributed by atoms with Crippen molar-refractivity contribution in [3.8, 4) is 0 Å². The van der Waals surface area contributed by atoms with Gasteiger partial charge in [-0.05, 0) is 31.7 Å². The minimum atomic E-state index is -4.34. The number of hydrogen-bond acceptors (Lipinski definition) is 7. The van der Waals surface area contributed by atoms with Gasteiger partial charge >= 0.3 is 19.9 Å². The van der Waals surface area contributed by atoms with E-state index in [2.05, 4.69) is 9.84 Å². The number of nitrogens with one attached hydrogen (secondary N) is 1. The van der Waals surface area contributed by atoms with Crippen LogP contribution in [0.4, 0.5) is 4.79 Å². The third-order valence-electron chi connectivity index (χ3n) is 3.37. The number of carbonyl (C=O) groups is 2. The van der Waals surface area contributed by atoms with Gasteiger partial charge in [-0.3, -0.25) is 9.32 Å². The van der Waals surface area contributed by atoms with Crippen molar-refractivity contribution in [1.29, 1.82) is 0 Å². The Kier molecular flexibility index (Phi) is 9.29. The first-order chi connectivity index (χ1) is 13.3. The first-order valence-corrected chi connectivity index (χ1v) is 10.6. The van der Waals surface area contributed by atoms with Crippen LogP contribution in [0.2, 0.25) is 0 Å². The lowest BCUT2D eigenvalue weighted by molar-refractivity contribution is -0.147. The van der Waals surface area contributed by atoms with E-state index < -0.39 is 37.7 Å². The van der Waals surface area contributed by atoms with Crippen molar-refractivity contribution in [1.82, 2.24) is 5.32 Å². The zero-order chi connectivity index (χ0) is 22.1. The summed E-state index contributed by atoms with van der Waals surface area (Å²) in [5.41, 5.74) is -0.599. The topological polar surface area (TPSA) is 120 Å². The molecular formula is C19H30NO8P. The molecule has 0 spiro atoms. The van der Waals surface area contributed by atoms with E-state index in [9.17, 15) is 19.0 Å². The van der Waals surface area contributed by atoms with Gasteiger partial charge in [-0.2, -0.15) is 0 Å². The third-order valence-corrected chi connectivity index (χ3v) is 4.58. The Bertz CT molecular complexity index is 715. The molecule has 0 bridgehead atoms. The maximum Gasteiger partial charge on any atom is 0.475 e. The van der Waals surface area contributed by atoms with Crippen molar-refractivity contribution in [3.63, 3.8) is 0 Å². The Morgan fingerprint density at radius 2 is 1.69 bits per heavy atom. The first kappa shape index (κ1) is 25.1. The number of ether oxygens (including phenoxy) is 2. The Hall–Kier alpha value is -1.93. The fourth-order valence-electron chi connectivity index (χ4n) is 2.12. The van der Waals surface area contributed by atoms with Crippen LogP contribution in [0.25, 0.3) is 0 Å². The Morgan fingerprint density at radius 1 is 1.07 bits per heavy atom. The van der Waals surface area contributed by atoms with Gasteiger partial charge in [-0.25, -0.2) is 13.9 Å². The zero-order valence-corrected chi connectivity index (χ0v) is 18.4. The van der Waals surface area contributed by atoms with E-state index in [1.807, 2.05) is 30.3 Å². The molecule has 1 aromatic rings. The fraction of sp³-hybridized carbons (Fsp3) is 0.579. The molecule has 1 aromatic carbocycles. The maximum absolute atomic E-state index is 12.0. The standard InChI is InChI=1S/C19H30NO8P/c1-18(2,3)28-29(23,24)27-14-26-17(22)20-13-19(4,5)11-16(21)25-12-15-9-7-6-8-10-15/h6-10H,11-14H2,1-5H3,(H,20,22)(H,23,24). The molecule has 9 nitrogen and oxygen atoms in total. The lowest BCUT2D eigenvalue weighted by atomic mass is 9.89. The van der Waals surface area contributed by atoms with Crippen LogP contribution in [0.5, 0.6) is 0 Å². The molecule has 1 atom stereocenters. The summed E-state index contributed by atoms with van der Waals surface area (Å²) < 4.78 is 31.0. The minimum absolute atomic E-state index is 0.0852. The average molecular weight is 431 g/mol. The minimum Gasteiger partial charge on any atom is -0.461 e. The molecule has 0 fully saturated rings. The molecule has 0 aliphatic carbocycles. The number of amides is 1. The highest BCUT2D eigenvalue weighted by Gasteiger charge is 2.29. The molecule has 0 radical (unpaired) electrons. The van der Waals surface area contributed by atoms with Crippen molar-refractivity contribution in [2.24, 2.45) is 5.41 Å². The van der Waals surface area contributed by atoms with Crippen LogP contribution in [0.15, 0.2) is 30.3 Å². The molecular weight excluding hydrogens is 401 g/mol. The number of hydrogen-bond donors (Lipinski definition) is 2. The zero-order valence-electron chi connectivity index (χ0n) is 17.5. The normalized spacial score (nSPS) is 14.0. The number of phosphoric ester groups is 1. The molecule has 0 aromatic heterocycles. The van der Waals surface area contributed by atoms with Gasteiger partial charge in [0.2, 0.25) is 6.79 Å². The molecule has 0 aliphatic heterocycles. The molecule has 1 amide bonds. The molecule has 2 N–H and O–H groups in total. The smallest absolute Gasteiger partial charge is 0.461 e. The monoisotopic (exact) mass is 431 g/mol. The number of esters is 1. The van der Waals surface area contributed by atoms with E-state index in [1.54, 1.807) is 34.6 Å². The number of carbonyl (C=O) groups excluding carboxylic acids is 2. The summed E-state index contributed by atoms with van der Waals surface area (Å²) in [7, 11) is -4.34. The summed E-state index contributed by atoms with van der Waals surface area (Å²) >= 11 is 0. The van der Waals surface area contributed by atoms with Crippen molar-refractivity contribution < 1.29 is 37.6 Å². The van der Waals surface area contributed by atoms with Crippen molar-refractivity contribution in [2.75, 3.05) is 13.3 Å². The van der Waals surface area contributed by atoms with Gasteiger partial charge in [0.15, 0.2) is 0 Å². The van der Waals surface area contributed by atoms with Gasteiger partial charge in [0, 0.05) is 6.54 Å². The Morgan fingerprint density at radius 3 is 2.28 bits per heavy atom. The predicted octanol–water partition coefficient (Wildman–Crippen LogP) is 3.76. The van der Waals surface area contributed by atoms with Gasteiger partial charge in [0.25, 0.3) is 0 Å². The van der Waals surface area contributed by atoms with Gasteiger partial charge in [0.1, 0.15) is 6.61 Å². The van der Waals surface area contributed by atoms with Crippen LogP contribution in [0.3, 0.4) is 0 Å². The highest BCUT2D eigenvalue weighted by Crippen LogP contribution is 2.46. The van der Waals surface area contributed by atoms with Crippen LogP contribution in [0.1, 0.15) is 46.6 Å². The van der Waals surface area contributed by atoms with Crippen LogP contribution >= 0.6 is 7.82 Å². The average Bonchev–Trinajstić information content (AvgIpc) is 2.56. The molecule has 29 heavy (non-hydrogen) atoms. The lowest BCUT2D eigenvalue weighted by Crippen LogP contribution is -2.36. The largest absolute Gasteiger partial charge is 0.475 e. The summed E-state index contributed by atoms with van der Waals surface area (Å²) in [5, 5.41) is 2.48. The molecule has 1 rings (SSSR count). The highest BCUT2D eigenvalue weighted by molar-refractivity contribution is 7.47. The predicted molar refractivity (Wildman–Crippen MR) is 106 cm³/mol. The van der Waals surface area contributed by atoms with Gasteiger partial charge in [-0.1, -0.05) is 44.2 Å². The van der Waals surface area contributed by atoms with Gasteiger partial charge in [-0.15, -0.1) is 0 Å². The van der Waals surface area contributed by atoms with Gasteiger partial charge in [0.05, 0.1) is 12.0 Å². The SMILES string of the molecule is CC(C)(CNC(=O)OCOP(=O)(O)OC(C)(C)C)CC(=O)OCc1ccccc1. The number of alkyl carbamates (subject to hydrolysis) is 1. The number of rotatable bonds is 10. The van der Waals surface area contributed by atoms with Crippen LogP contribution < -0.4 is 5.32 Å². The van der Waals surface area contributed by atoms with E-state index in [-0.39, 0.29) is 19.6 Å². The van der Waals surface area contributed by atoms with Crippen molar-refractivity contribution in [3.05, 3.63) is 35.9 Å². The quantitative estimate of drug-likeness (QED) is 0.326. The van der Waals surface area contributed by atoms with Crippen LogP contribution in [-0.2, 0) is 34.5 Å². The summed E-state index contributed by atoms with van der Waals surface area (Å²) in [6.45, 7) is 7.87. The second-order valence-corrected chi connectivity index (χ2v) is 9.57. The van der Waals surface area contributed by atoms with E-state index in [4.69, 9.17) is 14.0 Å². The molecule has 1 unspecified atom stereocenters. The molecule has 0 saturated heterocycles. The highest BCUT2D eigenvalue weighted by atomic mass is 31.2.